The summed E-state index contributed by atoms with van der Waals surface area (Å²) in [5, 5.41) is 7.78. The van der Waals surface area contributed by atoms with Gasteiger partial charge in [0.1, 0.15) is 12.4 Å². The Bertz CT molecular complexity index is 1310. The van der Waals surface area contributed by atoms with E-state index in [9.17, 15) is 9.59 Å². The van der Waals surface area contributed by atoms with Crippen molar-refractivity contribution in [2.75, 3.05) is 18.4 Å². The molecule has 0 bridgehead atoms. The molecule has 0 atom stereocenters. The molecule has 38 heavy (non-hydrogen) atoms. The highest BCUT2D eigenvalue weighted by molar-refractivity contribution is 5.99. The van der Waals surface area contributed by atoms with Crippen LogP contribution in [-0.2, 0) is 11.2 Å². The summed E-state index contributed by atoms with van der Waals surface area (Å²) in [7, 11) is 0. The van der Waals surface area contributed by atoms with Gasteiger partial charge in [-0.3, -0.25) is 9.59 Å². The maximum absolute atomic E-state index is 13.4. The van der Waals surface area contributed by atoms with Crippen molar-refractivity contribution in [2.45, 2.75) is 46.0 Å². The molecule has 0 saturated heterocycles. The SMILES string of the molecule is CCCCc1ccc(C(=O)N(CCCC)CC(=O)Nc2cc(-c3ccccc3)nn2-c2ccccc2)cc1. The molecule has 6 nitrogen and oxygen atoms in total. The Morgan fingerprint density at radius 3 is 2.16 bits per heavy atom. The normalized spacial score (nSPS) is 10.8. The number of anilines is 1. The number of unbranched alkanes of at least 4 members (excludes halogenated alkanes) is 2. The molecule has 4 aromatic rings. The Hall–Kier alpha value is -4.19. The van der Waals surface area contributed by atoms with Crippen LogP contribution in [0.3, 0.4) is 0 Å². The van der Waals surface area contributed by atoms with E-state index in [1.54, 1.807) is 9.58 Å². The molecule has 0 unspecified atom stereocenters. The highest BCUT2D eigenvalue weighted by atomic mass is 16.2. The first kappa shape index (κ1) is 26.9. The van der Waals surface area contributed by atoms with E-state index in [0.29, 0.717) is 17.9 Å². The molecular weight excluding hydrogens is 472 g/mol. The summed E-state index contributed by atoms with van der Waals surface area (Å²) in [6.07, 6.45) is 5.03. The van der Waals surface area contributed by atoms with E-state index in [0.717, 1.165) is 49.0 Å². The van der Waals surface area contributed by atoms with Gasteiger partial charge in [-0.25, -0.2) is 4.68 Å². The largest absolute Gasteiger partial charge is 0.329 e. The molecule has 0 aliphatic rings. The van der Waals surface area contributed by atoms with Gasteiger partial charge in [-0.1, -0.05) is 87.4 Å². The van der Waals surface area contributed by atoms with Crippen molar-refractivity contribution in [2.24, 2.45) is 0 Å². The van der Waals surface area contributed by atoms with Crippen LogP contribution in [0.25, 0.3) is 16.9 Å². The van der Waals surface area contributed by atoms with Crippen LogP contribution < -0.4 is 5.32 Å². The number of rotatable bonds is 12. The molecule has 0 saturated carbocycles. The predicted octanol–water partition coefficient (Wildman–Crippen LogP) is 6.76. The Balaban J connectivity index is 1.53. The maximum Gasteiger partial charge on any atom is 0.254 e. The number of aromatic nitrogens is 2. The van der Waals surface area contributed by atoms with E-state index in [-0.39, 0.29) is 18.4 Å². The van der Waals surface area contributed by atoms with Crippen LogP contribution in [0, 0.1) is 0 Å². The molecule has 1 aromatic heterocycles. The zero-order chi connectivity index (χ0) is 26.7. The predicted molar refractivity (Wildman–Crippen MR) is 153 cm³/mol. The van der Waals surface area contributed by atoms with Crippen molar-refractivity contribution in [1.29, 1.82) is 0 Å². The van der Waals surface area contributed by atoms with E-state index in [1.807, 2.05) is 91.0 Å². The van der Waals surface area contributed by atoms with Crippen LogP contribution in [0.15, 0.2) is 91.0 Å². The molecule has 4 rings (SSSR count). The van der Waals surface area contributed by atoms with Crippen LogP contribution in [0.4, 0.5) is 5.82 Å². The molecular formula is C32H36N4O2. The van der Waals surface area contributed by atoms with Crippen molar-refractivity contribution in [3.8, 4) is 16.9 Å². The molecule has 0 aliphatic carbocycles. The number of hydrogen-bond donors (Lipinski definition) is 1. The van der Waals surface area contributed by atoms with Crippen LogP contribution in [-0.4, -0.2) is 39.6 Å². The Kier molecular flexibility index (Phi) is 9.46. The molecule has 196 valence electrons. The fraction of sp³-hybridized carbons (Fsp3) is 0.281. The second-order valence-corrected chi connectivity index (χ2v) is 9.46. The van der Waals surface area contributed by atoms with Crippen molar-refractivity contribution in [1.82, 2.24) is 14.7 Å². The first-order valence-corrected chi connectivity index (χ1v) is 13.5. The minimum absolute atomic E-state index is 0.0307. The number of nitrogens with one attached hydrogen (secondary N) is 1. The lowest BCUT2D eigenvalue weighted by atomic mass is 10.1. The quantitative estimate of drug-likeness (QED) is 0.230. The monoisotopic (exact) mass is 508 g/mol. The summed E-state index contributed by atoms with van der Waals surface area (Å²) >= 11 is 0. The van der Waals surface area contributed by atoms with Gasteiger partial charge in [0, 0.05) is 23.7 Å². The van der Waals surface area contributed by atoms with Crippen LogP contribution in [0.1, 0.15) is 55.5 Å². The second kappa shape index (κ2) is 13.4. The first-order valence-electron chi connectivity index (χ1n) is 13.5. The smallest absolute Gasteiger partial charge is 0.254 e. The molecule has 1 N–H and O–H groups in total. The lowest BCUT2D eigenvalue weighted by Crippen LogP contribution is -2.39. The third-order valence-electron chi connectivity index (χ3n) is 6.47. The number of carbonyl (C=O) groups excluding carboxylic acids is 2. The molecule has 0 radical (unpaired) electrons. The molecule has 1 heterocycles. The highest BCUT2D eigenvalue weighted by Crippen LogP contribution is 2.25. The Morgan fingerprint density at radius 1 is 0.842 bits per heavy atom. The Labute approximate surface area is 225 Å². The number of para-hydroxylation sites is 1. The van der Waals surface area contributed by atoms with Crippen molar-refractivity contribution < 1.29 is 9.59 Å². The standard InChI is InChI=1S/C32H36N4O2/c1-3-5-13-25-18-20-27(21-19-25)32(38)35(22-6-4-2)24-31(37)33-30-23-29(26-14-9-7-10-15-26)34-36(30)28-16-11-8-12-17-28/h7-12,14-21,23H,3-6,13,22,24H2,1-2H3,(H,33,37). The summed E-state index contributed by atoms with van der Waals surface area (Å²) in [6.45, 7) is 4.74. The van der Waals surface area contributed by atoms with Gasteiger partial charge in [-0.05, 0) is 49.1 Å². The summed E-state index contributed by atoms with van der Waals surface area (Å²) in [5.74, 6) is 0.172. The fourth-order valence-corrected chi connectivity index (χ4v) is 4.32. The van der Waals surface area contributed by atoms with E-state index in [4.69, 9.17) is 5.10 Å². The maximum atomic E-state index is 13.4. The third-order valence-corrected chi connectivity index (χ3v) is 6.47. The van der Waals surface area contributed by atoms with Crippen LogP contribution >= 0.6 is 0 Å². The molecule has 3 aromatic carbocycles. The Morgan fingerprint density at radius 2 is 1.50 bits per heavy atom. The van der Waals surface area contributed by atoms with Crippen molar-refractivity contribution >= 4 is 17.6 Å². The van der Waals surface area contributed by atoms with Gasteiger partial charge in [0.2, 0.25) is 5.91 Å². The average Bonchev–Trinajstić information content (AvgIpc) is 3.38. The van der Waals surface area contributed by atoms with Gasteiger partial charge in [0.15, 0.2) is 0 Å². The zero-order valence-corrected chi connectivity index (χ0v) is 22.3. The number of aryl methyl sites for hydroxylation is 1. The van der Waals surface area contributed by atoms with Gasteiger partial charge in [0.25, 0.3) is 5.91 Å². The van der Waals surface area contributed by atoms with Gasteiger partial charge in [-0.15, -0.1) is 0 Å². The van der Waals surface area contributed by atoms with Crippen molar-refractivity contribution in [3.63, 3.8) is 0 Å². The second-order valence-electron chi connectivity index (χ2n) is 9.46. The van der Waals surface area contributed by atoms with Gasteiger partial charge < -0.3 is 10.2 Å². The topological polar surface area (TPSA) is 67.2 Å². The van der Waals surface area contributed by atoms with E-state index < -0.39 is 0 Å². The zero-order valence-electron chi connectivity index (χ0n) is 22.3. The van der Waals surface area contributed by atoms with Gasteiger partial charge in [0.05, 0.1) is 11.4 Å². The lowest BCUT2D eigenvalue weighted by Gasteiger charge is -2.22. The van der Waals surface area contributed by atoms with Gasteiger partial charge >= 0.3 is 0 Å². The third kappa shape index (κ3) is 6.97. The molecule has 6 heteroatoms. The molecule has 0 spiro atoms. The van der Waals surface area contributed by atoms with E-state index >= 15 is 0 Å². The van der Waals surface area contributed by atoms with E-state index in [2.05, 4.69) is 19.2 Å². The summed E-state index contributed by atoms with van der Waals surface area (Å²) < 4.78 is 1.73. The minimum Gasteiger partial charge on any atom is -0.329 e. The molecule has 0 aliphatic heterocycles. The number of nitrogens with zero attached hydrogens (tertiary/aromatic N) is 3. The van der Waals surface area contributed by atoms with Gasteiger partial charge in [-0.2, -0.15) is 5.10 Å². The average molecular weight is 509 g/mol. The number of benzene rings is 3. The summed E-state index contributed by atoms with van der Waals surface area (Å²) in [5.41, 5.74) is 4.39. The first-order chi connectivity index (χ1) is 18.6. The van der Waals surface area contributed by atoms with Crippen LogP contribution in [0.5, 0.6) is 0 Å². The van der Waals surface area contributed by atoms with Crippen LogP contribution in [0.2, 0.25) is 0 Å². The summed E-state index contributed by atoms with van der Waals surface area (Å²) in [6, 6.07) is 29.2. The number of amides is 2. The molecule has 0 fully saturated rings. The minimum atomic E-state index is -0.259. The molecule has 2 amide bonds. The fourth-order valence-electron chi connectivity index (χ4n) is 4.32. The van der Waals surface area contributed by atoms with E-state index in [1.165, 1.54) is 5.56 Å². The summed E-state index contributed by atoms with van der Waals surface area (Å²) in [4.78, 5) is 28.3. The highest BCUT2D eigenvalue weighted by Gasteiger charge is 2.20. The number of hydrogen-bond acceptors (Lipinski definition) is 3. The lowest BCUT2D eigenvalue weighted by molar-refractivity contribution is -0.117. The number of carbonyl (C=O) groups is 2. The van der Waals surface area contributed by atoms with Crippen molar-refractivity contribution in [3.05, 3.63) is 102 Å².